The fourth-order valence-corrected chi connectivity index (χ4v) is 3.75. The minimum absolute atomic E-state index is 0.0501. The number of nitrogens with zero attached hydrogens (tertiary/aromatic N) is 1. The fraction of sp³-hybridized carbons (Fsp3) is 0.500. The zero-order chi connectivity index (χ0) is 18.9. The first-order valence-corrected chi connectivity index (χ1v) is 9.94. The molecule has 26 heavy (non-hydrogen) atoms. The van der Waals surface area contributed by atoms with E-state index in [1.807, 2.05) is 26.0 Å². The van der Waals surface area contributed by atoms with Gasteiger partial charge in [0.25, 0.3) is 0 Å². The van der Waals surface area contributed by atoms with E-state index in [2.05, 4.69) is 16.3 Å². The van der Waals surface area contributed by atoms with Crippen LogP contribution in [0.15, 0.2) is 29.2 Å². The molecule has 1 amide bonds. The Bertz CT molecular complexity index is 667. The Labute approximate surface area is 160 Å². The summed E-state index contributed by atoms with van der Waals surface area (Å²) in [5, 5.41) is 2.98. The van der Waals surface area contributed by atoms with Crippen molar-refractivity contribution in [3.8, 4) is 0 Å². The van der Waals surface area contributed by atoms with Crippen molar-refractivity contribution in [2.24, 2.45) is 0 Å². The van der Waals surface area contributed by atoms with Crippen LogP contribution in [0.2, 0.25) is 0 Å². The molecule has 1 N–H and O–H groups in total. The predicted molar refractivity (Wildman–Crippen MR) is 107 cm³/mol. The molecule has 6 heteroatoms. The van der Waals surface area contributed by atoms with Crippen molar-refractivity contribution in [1.82, 2.24) is 10.2 Å². The van der Waals surface area contributed by atoms with E-state index in [0.29, 0.717) is 12.3 Å². The molecule has 0 atom stereocenters. The summed E-state index contributed by atoms with van der Waals surface area (Å²) in [6.07, 6.45) is 1.65. The Morgan fingerprint density at radius 1 is 1.27 bits per heavy atom. The van der Waals surface area contributed by atoms with E-state index in [9.17, 15) is 9.59 Å². The van der Waals surface area contributed by atoms with E-state index in [4.69, 9.17) is 4.74 Å². The minimum atomic E-state index is 0.0501. The van der Waals surface area contributed by atoms with Gasteiger partial charge >= 0.3 is 0 Å². The second-order valence-electron chi connectivity index (χ2n) is 6.51. The van der Waals surface area contributed by atoms with E-state index < -0.39 is 0 Å². The highest BCUT2D eigenvalue weighted by Crippen LogP contribution is 2.25. The summed E-state index contributed by atoms with van der Waals surface area (Å²) in [6, 6.07) is 6.09. The molecule has 0 spiro atoms. The molecule has 0 aliphatic carbocycles. The second-order valence-corrected chi connectivity index (χ2v) is 7.56. The smallest absolute Gasteiger partial charge is 0.230 e. The van der Waals surface area contributed by atoms with Crippen molar-refractivity contribution >= 4 is 29.0 Å². The monoisotopic (exact) mass is 376 g/mol. The maximum Gasteiger partial charge on any atom is 0.230 e. The number of thioether (sulfide) groups is 1. The van der Waals surface area contributed by atoms with E-state index in [-0.39, 0.29) is 11.7 Å². The number of allylic oxidation sites excluding steroid dienone is 2. The predicted octanol–water partition coefficient (Wildman–Crippen LogP) is 2.53. The molecular weight excluding hydrogens is 348 g/mol. The van der Waals surface area contributed by atoms with E-state index >= 15 is 0 Å². The maximum absolute atomic E-state index is 12.0. The van der Waals surface area contributed by atoms with Gasteiger partial charge in [-0.2, -0.15) is 0 Å². The molecular formula is C20H28N2O3S. The molecule has 0 aromatic heterocycles. The van der Waals surface area contributed by atoms with Gasteiger partial charge < -0.3 is 10.1 Å². The lowest BCUT2D eigenvalue weighted by molar-refractivity contribution is -0.118. The third kappa shape index (κ3) is 6.94. The number of rotatable bonds is 8. The first kappa shape index (κ1) is 20.7. The van der Waals surface area contributed by atoms with Crippen LogP contribution in [0.4, 0.5) is 0 Å². The van der Waals surface area contributed by atoms with Crippen LogP contribution in [-0.2, 0) is 14.3 Å². The first-order chi connectivity index (χ1) is 12.5. The lowest BCUT2D eigenvalue weighted by atomic mass is 10.0. The highest BCUT2D eigenvalue weighted by atomic mass is 32.2. The Hall–Kier alpha value is -1.63. The largest absolute Gasteiger partial charge is 0.379 e. The summed E-state index contributed by atoms with van der Waals surface area (Å²) in [5.74, 6) is 0.510. The topological polar surface area (TPSA) is 58.6 Å². The van der Waals surface area contributed by atoms with Crippen LogP contribution < -0.4 is 5.32 Å². The van der Waals surface area contributed by atoms with Gasteiger partial charge in [-0.1, -0.05) is 6.07 Å². The average molecular weight is 377 g/mol. The van der Waals surface area contributed by atoms with Gasteiger partial charge in [0.1, 0.15) is 0 Å². The molecule has 1 heterocycles. The van der Waals surface area contributed by atoms with E-state index in [0.717, 1.165) is 54.4 Å². The van der Waals surface area contributed by atoms with Crippen molar-refractivity contribution in [3.05, 3.63) is 35.4 Å². The minimum Gasteiger partial charge on any atom is -0.379 e. The SMILES string of the molecule is CC(=O)C=C(C)c1ccc(SCC(=O)NCCN2CCOCC2)cc1C. The zero-order valence-electron chi connectivity index (χ0n) is 15.8. The highest BCUT2D eigenvalue weighted by Gasteiger charge is 2.10. The number of hydrogen-bond donors (Lipinski definition) is 1. The molecule has 1 saturated heterocycles. The molecule has 0 unspecified atom stereocenters. The van der Waals surface area contributed by atoms with Crippen LogP contribution in [-0.4, -0.2) is 61.7 Å². The number of carbonyl (C=O) groups is 2. The molecule has 0 saturated carbocycles. The number of carbonyl (C=O) groups excluding carboxylic acids is 2. The molecule has 0 radical (unpaired) electrons. The van der Waals surface area contributed by atoms with Gasteiger partial charge in [0.05, 0.1) is 19.0 Å². The number of nitrogens with one attached hydrogen (secondary N) is 1. The van der Waals surface area contributed by atoms with Crippen molar-refractivity contribution in [1.29, 1.82) is 0 Å². The van der Waals surface area contributed by atoms with Gasteiger partial charge in [-0.15, -0.1) is 11.8 Å². The third-order valence-corrected chi connectivity index (χ3v) is 5.26. The maximum atomic E-state index is 12.0. The average Bonchev–Trinajstić information content (AvgIpc) is 2.60. The lowest BCUT2D eigenvalue weighted by Gasteiger charge is -2.26. The van der Waals surface area contributed by atoms with E-state index in [1.165, 1.54) is 11.8 Å². The van der Waals surface area contributed by atoms with Crippen LogP contribution in [0.3, 0.4) is 0 Å². The number of aryl methyl sites for hydroxylation is 1. The molecule has 1 aromatic rings. The highest BCUT2D eigenvalue weighted by molar-refractivity contribution is 8.00. The van der Waals surface area contributed by atoms with Gasteiger partial charge in [-0.3, -0.25) is 14.5 Å². The first-order valence-electron chi connectivity index (χ1n) is 8.95. The summed E-state index contributed by atoms with van der Waals surface area (Å²) in [4.78, 5) is 26.6. The molecule has 1 aromatic carbocycles. The van der Waals surface area contributed by atoms with Crippen molar-refractivity contribution in [2.75, 3.05) is 45.1 Å². The Kier molecular flexibility index (Phi) is 8.35. The second kappa shape index (κ2) is 10.5. The summed E-state index contributed by atoms with van der Waals surface area (Å²) in [7, 11) is 0. The van der Waals surface area contributed by atoms with Gasteiger partial charge in [0, 0.05) is 31.1 Å². The third-order valence-electron chi connectivity index (χ3n) is 4.27. The summed E-state index contributed by atoms with van der Waals surface area (Å²) >= 11 is 1.53. The number of morpholine rings is 1. The number of hydrogen-bond acceptors (Lipinski definition) is 5. The number of ether oxygens (including phenoxy) is 1. The van der Waals surface area contributed by atoms with Gasteiger partial charge in [-0.25, -0.2) is 0 Å². The van der Waals surface area contributed by atoms with Gasteiger partial charge in [0.2, 0.25) is 5.91 Å². The van der Waals surface area contributed by atoms with Gasteiger partial charge in [-0.05, 0) is 55.7 Å². The molecule has 0 bridgehead atoms. The molecule has 1 aliphatic rings. The Morgan fingerprint density at radius 2 is 2.00 bits per heavy atom. The van der Waals surface area contributed by atoms with Crippen molar-refractivity contribution in [2.45, 2.75) is 25.7 Å². The molecule has 5 nitrogen and oxygen atoms in total. The fourth-order valence-electron chi connectivity index (χ4n) is 2.93. The number of benzene rings is 1. The molecule has 2 rings (SSSR count). The summed E-state index contributed by atoms with van der Waals surface area (Å²) in [5.41, 5.74) is 3.14. The van der Waals surface area contributed by atoms with Crippen LogP contribution in [0.1, 0.15) is 25.0 Å². The molecule has 142 valence electrons. The van der Waals surface area contributed by atoms with Crippen LogP contribution in [0, 0.1) is 6.92 Å². The van der Waals surface area contributed by atoms with Crippen LogP contribution in [0.25, 0.3) is 5.57 Å². The van der Waals surface area contributed by atoms with Crippen molar-refractivity contribution in [3.63, 3.8) is 0 Å². The van der Waals surface area contributed by atoms with Crippen LogP contribution >= 0.6 is 11.8 Å². The Morgan fingerprint density at radius 3 is 2.65 bits per heavy atom. The normalized spacial score (nSPS) is 15.7. The zero-order valence-corrected chi connectivity index (χ0v) is 16.7. The molecule has 1 aliphatic heterocycles. The molecule has 1 fully saturated rings. The summed E-state index contributed by atoms with van der Waals surface area (Å²) in [6.45, 7) is 10.5. The quantitative estimate of drug-likeness (QED) is 0.558. The Balaban J connectivity index is 1.77. The summed E-state index contributed by atoms with van der Waals surface area (Å²) < 4.78 is 5.31. The van der Waals surface area contributed by atoms with Gasteiger partial charge in [0.15, 0.2) is 5.78 Å². The number of ketones is 1. The van der Waals surface area contributed by atoms with Crippen molar-refractivity contribution < 1.29 is 14.3 Å². The van der Waals surface area contributed by atoms with E-state index in [1.54, 1.807) is 13.0 Å². The van der Waals surface area contributed by atoms with Crippen LogP contribution in [0.5, 0.6) is 0 Å². The lowest BCUT2D eigenvalue weighted by Crippen LogP contribution is -2.41. The standard InChI is InChI=1S/C20H28N2O3S/c1-15(12-17(3)23)19-5-4-18(13-16(19)2)26-14-20(24)21-6-7-22-8-10-25-11-9-22/h4-5,12-13H,6-11,14H2,1-3H3,(H,21,24). The number of amides is 1.